The Morgan fingerprint density at radius 1 is 1.09 bits per heavy atom. The fourth-order valence-corrected chi connectivity index (χ4v) is 5.41. The van der Waals surface area contributed by atoms with Crippen molar-refractivity contribution >= 4 is 17.1 Å². The van der Waals surface area contributed by atoms with Crippen LogP contribution in [0.3, 0.4) is 0 Å². The Balaban J connectivity index is 0.00000248. The number of nitrogens with one attached hydrogen (secondary N) is 2. The number of allylic oxidation sites excluding steroid dienone is 4. The number of pyridine rings is 1. The molecular formula is C37H42F2N4. The second-order valence-electron chi connectivity index (χ2n) is 10.7. The van der Waals surface area contributed by atoms with Gasteiger partial charge < -0.3 is 16.4 Å². The minimum absolute atomic E-state index is 0.0862. The Bertz CT molecular complexity index is 1510. The topological polar surface area (TPSA) is 63.0 Å². The van der Waals surface area contributed by atoms with Crippen LogP contribution in [0.15, 0.2) is 91.3 Å². The maximum atomic E-state index is 15.0. The molecule has 0 bridgehead atoms. The summed E-state index contributed by atoms with van der Waals surface area (Å²) in [5.74, 6) is 0.528. The lowest BCUT2D eigenvalue weighted by Crippen LogP contribution is -2.23. The zero-order valence-electron chi connectivity index (χ0n) is 25.2. The molecule has 0 radical (unpaired) electrons. The fraction of sp³-hybridized carbons (Fsp3) is 0.270. The number of nitrogens with zero attached hydrogens (tertiary/aromatic N) is 1. The number of aromatic nitrogens is 1. The van der Waals surface area contributed by atoms with Crippen molar-refractivity contribution in [3.63, 3.8) is 0 Å². The summed E-state index contributed by atoms with van der Waals surface area (Å²) in [7, 11) is 0. The van der Waals surface area contributed by atoms with Crippen LogP contribution >= 0.6 is 0 Å². The van der Waals surface area contributed by atoms with Crippen LogP contribution in [0.2, 0.25) is 0 Å². The van der Waals surface area contributed by atoms with Gasteiger partial charge in [-0.25, -0.2) is 13.8 Å². The molecule has 0 atom stereocenters. The summed E-state index contributed by atoms with van der Waals surface area (Å²) in [5.41, 5.74) is 12.1. The molecule has 4 rings (SSSR count). The largest absolute Gasteiger partial charge is 0.396 e. The zero-order valence-corrected chi connectivity index (χ0v) is 25.2. The number of hydrogen-bond donors (Lipinski definition) is 3. The second-order valence-corrected chi connectivity index (χ2v) is 10.7. The molecule has 0 saturated heterocycles. The SMILES string of the molecule is C#C.C=C/C(=C\C(=C/C)c1cc(F)c(N)c(CC(=C)Nc2nccc(-c3ccccc3F)c2C)c1)CNCC1CCCC1. The van der Waals surface area contributed by atoms with E-state index in [2.05, 4.69) is 41.6 Å². The third-order valence-corrected chi connectivity index (χ3v) is 7.77. The lowest BCUT2D eigenvalue weighted by atomic mass is 9.97. The van der Waals surface area contributed by atoms with Crippen LogP contribution in [0.1, 0.15) is 49.3 Å². The van der Waals surface area contributed by atoms with Crippen molar-refractivity contribution in [2.75, 3.05) is 24.1 Å². The Labute approximate surface area is 255 Å². The molecule has 0 spiro atoms. The van der Waals surface area contributed by atoms with Gasteiger partial charge in [0.15, 0.2) is 0 Å². The monoisotopic (exact) mass is 580 g/mol. The number of nitrogen functional groups attached to an aromatic ring is 1. The molecule has 224 valence electrons. The maximum Gasteiger partial charge on any atom is 0.146 e. The van der Waals surface area contributed by atoms with E-state index >= 15 is 4.39 Å². The highest BCUT2D eigenvalue weighted by Gasteiger charge is 2.16. The summed E-state index contributed by atoms with van der Waals surface area (Å²) < 4.78 is 29.5. The van der Waals surface area contributed by atoms with Crippen LogP contribution in [0.25, 0.3) is 16.7 Å². The van der Waals surface area contributed by atoms with Gasteiger partial charge in [0.1, 0.15) is 17.5 Å². The first-order valence-electron chi connectivity index (χ1n) is 14.6. The molecule has 3 aromatic rings. The van der Waals surface area contributed by atoms with Gasteiger partial charge in [-0.2, -0.15) is 0 Å². The van der Waals surface area contributed by atoms with Gasteiger partial charge in [-0.15, -0.1) is 12.8 Å². The van der Waals surface area contributed by atoms with Gasteiger partial charge >= 0.3 is 0 Å². The summed E-state index contributed by atoms with van der Waals surface area (Å²) in [5, 5.41) is 6.79. The van der Waals surface area contributed by atoms with Crippen molar-refractivity contribution in [3.8, 4) is 24.0 Å². The first kappa shape index (κ1) is 33.0. The number of nitrogens with two attached hydrogens (primary N) is 1. The van der Waals surface area contributed by atoms with Crippen LogP contribution in [0, 0.1) is 37.3 Å². The minimum Gasteiger partial charge on any atom is -0.396 e. The molecule has 1 fully saturated rings. The molecule has 4 nitrogen and oxygen atoms in total. The fourth-order valence-electron chi connectivity index (χ4n) is 5.41. The smallest absolute Gasteiger partial charge is 0.146 e. The quantitative estimate of drug-likeness (QED) is 0.114. The summed E-state index contributed by atoms with van der Waals surface area (Å²) in [6.07, 6.45) is 21.0. The molecule has 4 N–H and O–H groups in total. The average molecular weight is 581 g/mol. The lowest BCUT2D eigenvalue weighted by molar-refractivity contribution is 0.503. The summed E-state index contributed by atoms with van der Waals surface area (Å²) in [4.78, 5) is 4.43. The van der Waals surface area contributed by atoms with Gasteiger partial charge in [-0.1, -0.05) is 62.4 Å². The predicted octanol–water partition coefficient (Wildman–Crippen LogP) is 8.63. The molecule has 43 heavy (non-hydrogen) atoms. The highest BCUT2D eigenvalue weighted by atomic mass is 19.1. The van der Waals surface area contributed by atoms with Gasteiger partial charge in [-0.05, 0) is 96.8 Å². The van der Waals surface area contributed by atoms with Crippen molar-refractivity contribution < 1.29 is 8.78 Å². The van der Waals surface area contributed by atoms with Gasteiger partial charge in [-0.3, -0.25) is 0 Å². The van der Waals surface area contributed by atoms with Crippen molar-refractivity contribution in [1.82, 2.24) is 10.3 Å². The van der Waals surface area contributed by atoms with Crippen LogP contribution in [-0.2, 0) is 6.42 Å². The summed E-state index contributed by atoms with van der Waals surface area (Å²) >= 11 is 0. The summed E-state index contributed by atoms with van der Waals surface area (Å²) in [6, 6.07) is 11.8. The molecule has 1 aliphatic rings. The molecule has 1 aliphatic carbocycles. The Morgan fingerprint density at radius 3 is 2.49 bits per heavy atom. The van der Waals surface area contributed by atoms with Crippen LogP contribution in [-0.4, -0.2) is 18.1 Å². The molecule has 2 aromatic carbocycles. The Kier molecular flexibility index (Phi) is 12.5. The molecule has 1 heterocycles. The average Bonchev–Trinajstić information content (AvgIpc) is 3.53. The van der Waals surface area contributed by atoms with Crippen LogP contribution in [0.4, 0.5) is 20.3 Å². The van der Waals surface area contributed by atoms with E-state index in [0.717, 1.165) is 40.3 Å². The molecule has 1 saturated carbocycles. The predicted molar refractivity (Wildman–Crippen MR) is 178 cm³/mol. The Hall–Kier alpha value is -4.47. The van der Waals surface area contributed by atoms with Gasteiger partial charge in [0, 0.05) is 30.4 Å². The van der Waals surface area contributed by atoms with Crippen LogP contribution in [0.5, 0.6) is 0 Å². The molecule has 0 amide bonds. The first-order valence-corrected chi connectivity index (χ1v) is 14.6. The van der Waals surface area contributed by atoms with Crippen molar-refractivity contribution in [1.29, 1.82) is 0 Å². The van der Waals surface area contributed by atoms with Crippen molar-refractivity contribution in [3.05, 3.63) is 120 Å². The highest BCUT2D eigenvalue weighted by Crippen LogP contribution is 2.31. The van der Waals surface area contributed by atoms with E-state index in [4.69, 9.17) is 5.73 Å². The highest BCUT2D eigenvalue weighted by molar-refractivity contribution is 5.77. The molecule has 0 unspecified atom stereocenters. The zero-order chi connectivity index (χ0) is 31.4. The van der Waals surface area contributed by atoms with E-state index < -0.39 is 5.82 Å². The minimum atomic E-state index is -0.478. The number of hydrogen-bond acceptors (Lipinski definition) is 4. The normalized spacial score (nSPS) is 13.7. The summed E-state index contributed by atoms with van der Waals surface area (Å²) in [6.45, 7) is 13.7. The first-order chi connectivity index (χ1) is 20.8. The van der Waals surface area contributed by atoms with E-state index in [1.807, 2.05) is 38.1 Å². The molecular weight excluding hydrogens is 538 g/mol. The number of anilines is 2. The van der Waals surface area contributed by atoms with E-state index in [1.165, 1.54) is 37.8 Å². The Morgan fingerprint density at radius 2 is 1.81 bits per heavy atom. The van der Waals surface area contributed by atoms with E-state index in [1.54, 1.807) is 30.5 Å². The third kappa shape index (κ3) is 8.76. The lowest BCUT2D eigenvalue weighted by Gasteiger charge is -2.16. The number of terminal acetylenes is 1. The standard InChI is InChI=1S/C35H40F2N4.C2H2/c1-5-25(21-39-22-26-11-7-8-12-26)18-27(6-2)28-19-29(34(38)33(37)20-28)17-23(3)41-35-24(4)30(15-16-40-35)31-13-9-10-14-32(31)36;1-2/h5-6,9-10,13-16,18-20,26,39H,1,3,7-8,11-12,17,21-22,38H2,2,4H3,(H,40,41);1-2H/b25-18+,27-6+;. The number of benzene rings is 2. The van der Waals surface area contributed by atoms with E-state index in [9.17, 15) is 4.39 Å². The molecule has 0 aliphatic heterocycles. The number of halogens is 2. The maximum absolute atomic E-state index is 15.0. The van der Waals surface area contributed by atoms with Gasteiger partial charge in [0.2, 0.25) is 0 Å². The van der Waals surface area contributed by atoms with E-state index in [0.29, 0.717) is 35.6 Å². The third-order valence-electron chi connectivity index (χ3n) is 7.77. The van der Waals surface area contributed by atoms with Gasteiger partial charge in [0.25, 0.3) is 0 Å². The van der Waals surface area contributed by atoms with Crippen molar-refractivity contribution in [2.24, 2.45) is 5.92 Å². The molecule has 1 aromatic heterocycles. The molecule has 6 heteroatoms. The second kappa shape index (κ2) is 16.2. The van der Waals surface area contributed by atoms with E-state index in [-0.39, 0.29) is 11.5 Å². The van der Waals surface area contributed by atoms with Crippen molar-refractivity contribution in [2.45, 2.75) is 46.0 Å². The van der Waals surface area contributed by atoms with Crippen LogP contribution < -0.4 is 16.4 Å². The van der Waals surface area contributed by atoms with Gasteiger partial charge in [0.05, 0.1) is 5.69 Å². The number of rotatable bonds is 12.